The van der Waals surface area contributed by atoms with Gasteiger partial charge in [-0.15, -0.1) is 0 Å². The molecule has 9 N–H and O–H groups in total. The number of phenolic OH excluding ortho intramolecular Hbond substituents is 6. The predicted molar refractivity (Wildman–Crippen MR) is 142 cm³/mol. The lowest BCUT2D eigenvalue weighted by atomic mass is 9.85. The smallest absolute Gasteiger partial charge is 0.338 e. The maximum absolute atomic E-state index is 13.6. The van der Waals surface area contributed by atoms with E-state index in [-0.39, 0.29) is 34.6 Å². The third kappa shape index (κ3) is 5.47. The van der Waals surface area contributed by atoms with Crippen LogP contribution in [0, 0.1) is 0 Å². The zero-order valence-electron chi connectivity index (χ0n) is 22.0. The van der Waals surface area contributed by atoms with E-state index in [2.05, 4.69) is 0 Å². The van der Waals surface area contributed by atoms with Crippen molar-refractivity contribution in [3.8, 4) is 34.5 Å². The number of fused-ring (bicyclic) bond motifs is 1. The summed E-state index contributed by atoms with van der Waals surface area (Å²) >= 11 is 0. The van der Waals surface area contributed by atoms with Crippen molar-refractivity contribution < 1.29 is 69.8 Å². The van der Waals surface area contributed by atoms with Gasteiger partial charge in [0.1, 0.15) is 35.6 Å². The normalized spacial score (nSPS) is 23.5. The van der Waals surface area contributed by atoms with Crippen LogP contribution < -0.4 is 0 Å². The lowest BCUT2D eigenvalue weighted by Crippen LogP contribution is -2.60. The van der Waals surface area contributed by atoms with E-state index in [1.54, 1.807) is 6.07 Å². The Morgan fingerprint density at radius 3 is 2.23 bits per heavy atom. The Hall–Kier alpha value is -5.02. The summed E-state index contributed by atoms with van der Waals surface area (Å²) in [5.74, 6) is -6.09. The van der Waals surface area contributed by atoms with E-state index in [9.17, 15) is 55.5 Å². The fraction of sp³-hybridized carbons (Fsp3) is 0.241. The van der Waals surface area contributed by atoms with E-state index in [1.807, 2.05) is 0 Å². The minimum Gasteiger partial charge on any atom is -0.508 e. The van der Waals surface area contributed by atoms with Gasteiger partial charge in [-0.25, -0.2) is 4.79 Å². The molecule has 0 saturated carbocycles. The minimum atomic E-state index is -1.98. The Labute approximate surface area is 242 Å². The predicted octanol–water partition coefficient (Wildman–Crippen LogP) is 0.751. The van der Waals surface area contributed by atoms with Crippen LogP contribution in [-0.4, -0.2) is 95.0 Å². The number of phenols is 6. The lowest BCUT2D eigenvalue weighted by molar-refractivity contribution is -0.289. The monoisotopic (exact) mass is 598 g/mol. The summed E-state index contributed by atoms with van der Waals surface area (Å²) in [6, 6.07) is 9.56. The highest BCUT2D eigenvalue weighted by atomic mass is 16.7. The number of ether oxygens (including phenoxy) is 3. The lowest BCUT2D eigenvalue weighted by Gasteiger charge is -2.41. The van der Waals surface area contributed by atoms with Crippen molar-refractivity contribution in [2.24, 2.45) is 0 Å². The fourth-order valence-electron chi connectivity index (χ4n) is 4.97. The van der Waals surface area contributed by atoms with Gasteiger partial charge >= 0.3 is 5.97 Å². The van der Waals surface area contributed by atoms with Gasteiger partial charge in [-0.1, -0.05) is 12.1 Å². The molecule has 3 aromatic carbocycles. The fourth-order valence-corrected chi connectivity index (χ4v) is 4.97. The molecule has 14 heteroatoms. The third-order valence-corrected chi connectivity index (χ3v) is 7.06. The first kappa shape index (κ1) is 29.5. The Kier molecular flexibility index (Phi) is 7.77. The number of esters is 1. The Bertz CT molecular complexity index is 1600. The molecule has 1 aliphatic heterocycles. The van der Waals surface area contributed by atoms with Gasteiger partial charge in [0.15, 0.2) is 29.1 Å². The first-order valence-electron chi connectivity index (χ1n) is 12.8. The van der Waals surface area contributed by atoms with Crippen LogP contribution >= 0.6 is 0 Å². The van der Waals surface area contributed by atoms with Gasteiger partial charge in [0.2, 0.25) is 12.1 Å². The van der Waals surface area contributed by atoms with Gasteiger partial charge in [0, 0.05) is 18.1 Å². The zero-order valence-corrected chi connectivity index (χ0v) is 22.0. The average molecular weight is 599 g/mol. The van der Waals surface area contributed by atoms with Crippen LogP contribution in [0.4, 0.5) is 0 Å². The van der Waals surface area contributed by atoms with Crippen molar-refractivity contribution >= 4 is 17.3 Å². The molecule has 0 spiro atoms. The number of benzene rings is 3. The van der Waals surface area contributed by atoms with Crippen LogP contribution in [-0.2, 0) is 20.6 Å². The van der Waals surface area contributed by atoms with Crippen molar-refractivity contribution in [1.29, 1.82) is 0 Å². The Balaban J connectivity index is 1.45. The molecule has 5 unspecified atom stereocenters. The van der Waals surface area contributed by atoms with E-state index in [1.165, 1.54) is 24.3 Å². The van der Waals surface area contributed by atoms with Crippen LogP contribution in [0.1, 0.15) is 31.8 Å². The molecular weight excluding hydrogens is 572 g/mol. The number of hydrogen-bond acceptors (Lipinski definition) is 14. The number of carbonyl (C=O) groups is 2. The van der Waals surface area contributed by atoms with Crippen molar-refractivity contribution in [2.75, 3.05) is 6.61 Å². The molecule has 14 nitrogen and oxygen atoms in total. The van der Waals surface area contributed by atoms with Crippen molar-refractivity contribution in [1.82, 2.24) is 0 Å². The van der Waals surface area contributed by atoms with Gasteiger partial charge in [-0.3, -0.25) is 4.79 Å². The van der Waals surface area contributed by atoms with Gasteiger partial charge in [-0.05, 0) is 41.5 Å². The molecule has 5 atom stereocenters. The second-order valence-corrected chi connectivity index (χ2v) is 9.92. The number of aliphatic hydroxyl groups is 3. The standard InChI is InChI=1S/C29H26O14/c30-10-20-27(42-28(40)13-7-18(34)22(36)19(35)8-13)24(38)25(39)29(41-20)43-26-16(11-2-1-3-14(31)4-11)6-12-5-15(32)9-17(33)21(12)23(26)37/h1-5,7-9,20,24-25,27,29-36,38-39H,6,10H2. The SMILES string of the molecule is O=C(OC1C(CO)OC(OC2=C(c3cccc(O)c3)Cc3cc(O)cc(O)c3C2=O)C(O)C1O)c1cc(O)c(O)c(O)c1. The number of carbonyl (C=O) groups excluding carboxylic acids is 2. The number of hydrogen-bond donors (Lipinski definition) is 9. The van der Waals surface area contributed by atoms with Crippen molar-refractivity contribution in [2.45, 2.75) is 37.1 Å². The highest BCUT2D eigenvalue weighted by Crippen LogP contribution is 2.41. The quantitative estimate of drug-likeness (QED) is 0.140. The molecule has 226 valence electrons. The number of aliphatic hydroxyl groups excluding tert-OH is 3. The number of allylic oxidation sites excluding steroid dienone is 2. The molecule has 0 radical (unpaired) electrons. The molecular formula is C29H26O14. The van der Waals surface area contributed by atoms with Gasteiger partial charge in [0.05, 0.1) is 17.7 Å². The first-order valence-corrected chi connectivity index (χ1v) is 12.8. The third-order valence-electron chi connectivity index (χ3n) is 7.06. The number of ketones is 1. The van der Waals surface area contributed by atoms with Gasteiger partial charge in [-0.2, -0.15) is 0 Å². The van der Waals surface area contributed by atoms with E-state index in [4.69, 9.17) is 14.2 Å². The largest absolute Gasteiger partial charge is 0.508 e. The summed E-state index contributed by atoms with van der Waals surface area (Å²) in [4.78, 5) is 26.3. The second kappa shape index (κ2) is 11.3. The van der Waals surface area contributed by atoms with E-state index < -0.39 is 83.4 Å². The topological polar surface area (TPSA) is 244 Å². The maximum Gasteiger partial charge on any atom is 0.338 e. The van der Waals surface area contributed by atoms with E-state index in [0.717, 1.165) is 18.2 Å². The first-order chi connectivity index (χ1) is 20.4. The minimum absolute atomic E-state index is 0.0802. The summed E-state index contributed by atoms with van der Waals surface area (Å²) in [7, 11) is 0. The van der Waals surface area contributed by atoms with Crippen molar-refractivity contribution in [3.63, 3.8) is 0 Å². The van der Waals surface area contributed by atoms with Gasteiger partial charge in [0.25, 0.3) is 0 Å². The molecule has 1 fully saturated rings. The summed E-state index contributed by atoms with van der Waals surface area (Å²) in [5.41, 5.74) is 0.0828. The number of Topliss-reactive ketones (excluding diaryl/α,β-unsaturated/α-hetero) is 1. The molecule has 5 rings (SSSR count). The van der Waals surface area contributed by atoms with Crippen LogP contribution in [0.15, 0.2) is 54.3 Å². The van der Waals surface area contributed by atoms with Crippen molar-refractivity contribution in [3.05, 3.63) is 76.5 Å². The second-order valence-electron chi connectivity index (χ2n) is 9.92. The Morgan fingerprint density at radius 2 is 1.58 bits per heavy atom. The van der Waals surface area contributed by atoms with Crippen LogP contribution in [0.2, 0.25) is 0 Å². The molecule has 2 aliphatic rings. The number of rotatable bonds is 6. The molecule has 1 saturated heterocycles. The van der Waals surface area contributed by atoms with Crippen LogP contribution in [0.3, 0.4) is 0 Å². The van der Waals surface area contributed by atoms with E-state index >= 15 is 0 Å². The molecule has 0 aromatic heterocycles. The average Bonchev–Trinajstić information content (AvgIpc) is 2.95. The molecule has 0 amide bonds. The summed E-state index contributed by atoms with van der Waals surface area (Å²) in [5, 5.41) is 91.0. The zero-order chi connectivity index (χ0) is 31.2. The number of aromatic hydroxyl groups is 6. The summed E-state index contributed by atoms with van der Waals surface area (Å²) in [6.45, 7) is -0.872. The highest BCUT2D eigenvalue weighted by Gasteiger charge is 2.49. The maximum atomic E-state index is 13.6. The highest BCUT2D eigenvalue weighted by molar-refractivity contribution is 6.16. The Morgan fingerprint density at radius 1 is 0.884 bits per heavy atom. The molecule has 1 heterocycles. The summed E-state index contributed by atoms with van der Waals surface area (Å²) in [6.07, 6.45) is -9.07. The molecule has 0 bridgehead atoms. The molecule has 1 aliphatic carbocycles. The van der Waals surface area contributed by atoms with Gasteiger partial charge < -0.3 is 60.2 Å². The molecule has 43 heavy (non-hydrogen) atoms. The van der Waals surface area contributed by atoms with E-state index in [0.29, 0.717) is 5.56 Å². The van der Waals surface area contributed by atoms with Crippen LogP contribution in [0.5, 0.6) is 34.5 Å². The summed E-state index contributed by atoms with van der Waals surface area (Å²) < 4.78 is 16.6. The molecule has 3 aromatic rings. The van der Waals surface area contributed by atoms with Crippen LogP contribution in [0.25, 0.3) is 5.57 Å².